The fourth-order valence-corrected chi connectivity index (χ4v) is 4.07. The minimum absolute atomic E-state index is 0.0511. The van der Waals surface area contributed by atoms with Crippen molar-refractivity contribution >= 4 is 23.8 Å². The first-order chi connectivity index (χ1) is 12.5. The second-order valence-electron chi connectivity index (χ2n) is 6.52. The number of thioether (sulfide) groups is 1. The van der Waals surface area contributed by atoms with Crippen LogP contribution in [0.1, 0.15) is 24.0 Å². The van der Waals surface area contributed by atoms with Gasteiger partial charge in [-0.2, -0.15) is 11.8 Å². The molecular formula is C20H21NO4S. The third kappa shape index (κ3) is 3.42. The summed E-state index contributed by atoms with van der Waals surface area (Å²) < 4.78 is 5.41. The van der Waals surface area contributed by atoms with Crippen LogP contribution in [0, 0.1) is 0 Å². The highest BCUT2D eigenvalue weighted by molar-refractivity contribution is 7.98. The fraction of sp³-hybridized carbons (Fsp3) is 0.300. The number of rotatable bonds is 6. The van der Waals surface area contributed by atoms with Crippen molar-refractivity contribution in [2.24, 2.45) is 0 Å². The van der Waals surface area contributed by atoms with Gasteiger partial charge in [0.15, 0.2) is 0 Å². The van der Waals surface area contributed by atoms with Crippen molar-refractivity contribution in [2.75, 3.05) is 18.6 Å². The van der Waals surface area contributed by atoms with E-state index in [-0.39, 0.29) is 18.3 Å². The molecule has 3 rings (SSSR count). The minimum atomic E-state index is -1.36. The maximum atomic E-state index is 12.2. The van der Waals surface area contributed by atoms with Crippen LogP contribution in [0.4, 0.5) is 4.79 Å². The highest BCUT2D eigenvalue weighted by atomic mass is 32.2. The van der Waals surface area contributed by atoms with Crippen molar-refractivity contribution in [3.63, 3.8) is 0 Å². The van der Waals surface area contributed by atoms with Crippen LogP contribution < -0.4 is 5.32 Å². The molecule has 0 bridgehead atoms. The van der Waals surface area contributed by atoms with Gasteiger partial charge in [0.25, 0.3) is 0 Å². The van der Waals surface area contributed by atoms with E-state index in [1.54, 1.807) is 6.26 Å². The Morgan fingerprint density at radius 1 is 1.12 bits per heavy atom. The lowest BCUT2D eigenvalue weighted by atomic mass is 9.98. The first-order valence-corrected chi connectivity index (χ1v) is 9.71. The number of alkyl carbamates (subject to hydrolysis) is 1. The Kier molecular flexibility index (Phi) is 5.23. The predicted molar refractivity (Wildman–Crippen MR) is 103 cm³/mol. The molecule has 0 heterocycles. The van der Waals surface area contributed by atoms with Crippen molar-refractivity contribution in [2.45, 2.75) is 18.4 Å². The van der Waals surface area contributed by atoms with Crippen LogP contribution in [-0.2, 0) is 9.53 Å². The summed E-state index contributed by atoms with van der Waals surface area (Å²) in [4.78, 5) is 23.7. The number of nitrogens with one attached hydrogen (secondary N) is 1. The predicted octanol–water partition coefficient (Wildman–Crippen LogP) is 3.73. The maximum Gasteiger partial charge on any atom is 0.408 e. The normalized spacial score (nSPS) is 14.8. The second kappa shape index (κ2) is 7.41. The van der Waals surface area contributed by atoms with Crippen LogP contribution in [0.5, 0.6) is 0 Å². The molecular weight excluding hydrogens is 350 g/mol. The van der Waals surface area contributed by atoms with Crippen molar-refractivity contribution in [1.82, 2.24) is 5.32 Å². The molecule has 1 aliphatic carbocycles. The SMILES string of the molecule is CSC[C@](C)(NC(=O)OCC1c2ccccc2-c2ccccc21)C(=O)O. The Morgan fingerprint density at radius 2 is 1.65 bits per heavy atom. The summed E-state index contributed by atoms with van der Waals surface area (Å²) in [7, 11) is 0. The lowest BCUT2D eigenvalue weighted by Gasteiger charge is -2.25. The molecule has 136 valence electrons. The molecule has 2 aromatic rings. The number of carboxylic acid groups (broad SMARTS) is 1. The fourth-order valence-electron chi connectivity index (χ4n) is 3.30. The summed E-state index contributed by atoms with van der Waals surface area (Å²) in [6.07, 6.45) is 1.08. The molecule has 0 aromatic heterocycles. The molecule has 0 radical (unpaired) electrons. The van der Waals surface area contributed by atoms with Gasteiger partial charge in [0, 0.05) is 11.7 Å². The molecule has 1 amide bonds. The molecule has 0 fully saturated rings. The average molecular weight is 371 g/mol. The van der Waals surface area contributed by atoms with E-state index >= 15 is 0 Å². The standard InChI is InChI=1S/C20H21NO4S/c1-20(12-26-2,18(22)23)21-19(24)25-11-17-15-9-5-3-7-13(15)14-8-4-6-10-16(14)17/h3-10,17H,11-12H2,1-2H3,(H,21,24)(H,22,23)/t20-/m0/s1. The number of benzene rings is 2. The van der Waals surface area contributed by atoms with Gasteiger partial charge in [0.1, 0.15) is 12.1 Å². The van der Waals surface area contributed by atoms with Gasteiger partial charge in [-0.25, -0.2) is 9.59 Å². The van der Waals surface area contributed by atoms with Gasteiger partial charge in [-0.05, 0) is 35.4 Å². The highest BCUT2D eigenvalue weighted by Gasteiger charge is 2.36. The number of hydrogen-bond donors (Lipinski definition) is 2. The lowest BCUT2D eigenvalue weighted by molar-refractivity contribution is -0.142. The second-order valence-corrected chi connectivity index (χ2v) is 7.39. The van der Waals surface area contributed by atoms with E-state index in [2.05, 4.69) is 17.4 Å². The Labute approximate surface area is 156 Å². The van der Waals surface area contributed by atoms with Crippen molar-refractivity contribution in [1.29, 1.82) is 0 Å². The molecule has 0 saturated heterocycles. The Hall–Kier alpha value is -2.47. The smallest absolute Gasteiger partial charge is 0.408 e. The molecule has 26 heavy (non-hydrogen) atoms. The lowest BCUT2D eigenvalue weighted by Crippen LogP contribution is -2.54. The number of carbonyl (C=O) groups excluding carboxylic acids is 1. The van der Waals surface area contributed by atoms with Gasteiger partial charge in [-0.1, -0.05) is 48.5 Å². The number of carboxylic acids is 1. The minimum Gasteiger partial charge on any atom is -0.479 e. The van der Waals surface area contributed by atoms with Crippen LogP contribution in [0.2, 0.25) is 0 Å². The quantitative estimate of drug-likeness (QED) is 0.809. The van der Waals surface area contributed by atoms with Crippen molar-refractivity contribution in [3.05, 3.63) is 59.7 Å². The zero-order valence-electron chi connectivity index (χ0n) is 14.7. The number of hydrogen-bond acceptors (Lipinski definition) is 4. The third-order valence-corrected chi connectivity index (χ3v) is 5.49. The number of fused-ring (bicyclic) bond motifs is 3. The molecule has 1 aliphatic rings. The van der Waals surface area contributed by atoms with E-state index in [9.17, 15) is 14.7 Å². The van der Waals surface area contributed by atoms with E-state index in [0.29, 0.717) is 0 Å². The van der Waals surface area contributed by atoms with Gasteiger partial charge in [-0.3, -0.25) is 0 Å². The number of amides is 1. The van der Waals surface area contributed by atoms with E-state index < -0.39 is 17.6 Å². The third-order valence-electron chi connectivity index (χ3n) is 4.63. The summed E-state index contributed by atoms with van der Waals surface area (Å²) in [5, 5.41) is 11.9. The van der Waals surface area contributed by atoms with Crippen molar-refractivity contribution in [3.8, 4) is 11.1 Å². The summed E-state index contributed by atoms with van der Waals surface area (Å²) in [6, 6.07) is 16.1. The van der Waals surface area contributed by atoms with Gasteiger partial charge in [-0.15, -0.1) is 0 Å². The average Bonchev–Trinajstić information content (AvgIpc) is 2.94. The Bertz CT molecular complexity index is 793. The molecule has 6 heteroatoms. The summed E-state index contributed by atoms with van der Waals surface area (Å²) in [6.45, 7) is 1.64. The monoisotopic (exact) mass is 371 g/mol. The molecule has 1 atom stereocenters. The van der Waals surface area contributed by atoms with Gasteiger partial charge >= 0.3 is 12.1 Å². The van der Waals surface area contributed by atoms with E-state index in [1.807, 2.05) is 36.4 Å². The van der Waals surface area contributed by atoms with Crippen LogP contribution in [0.3, 0.4) is 0 Å². The molecule has 2 N–H and O–H groups in total. The molecule has 0 saturated carbocycles. The van der Waals surface area contributed by atoms with E-state index in [1.165, 1.54) is 18.7 Å². The van der Waals surface area contributed by atoms with Crippen LogP contribution in [-0.4, -0.2) is 41.3 Å². The molecule has 0 unspecified atom stereocenters. The summed E-state index contributed by atoms with van der Waals surface area (Å²) in [5.41, 5.74) is 3.17. The molecule has 5 nitrogen and oxygen atoms in total. The largest absolute Gasteiger partial charge is 0.479 e. The van der Waals surface area contributed by atoms with E-state index in [0.717, 1.165) is 22.3 Å². The first kappa shape index (κ1) is 18.3. The van der Waals surface area contributed by atoms with Gasteiger partial charge in [0.05, 0.1) is 0 Å². The molecule has 2 aromatic carbocycles. The molecule has 0 spiro atoms. The van der Waals surface area contributed by atoms with E-state index in [4.69, 9.17) is 4.74 Å². The number of ether oxygens (including phenoxy) is 1. The Balaban J connectivity index is 1.74. The first-order valence-electron chi connectivity index (χ1n) is 8.32. The van der Waals surface area contributed by atoms with Gasteiger partial charge in [0.2, 0.25) is 0 Å². The maximum absolute atomic E-state index is 12.2. The molecule has 0 aliphatic heterocycles. The Morgan fingerprint density at radius 3 is 2.15 bits per heavy atom. The highest BCUT2D eigenvalue weighted by Crippen LogP contribution is 2.44. The zero-order chi connectivity index (χ0) is 18.7. The topological polar surface area (TPSA) is 75.6 Å². The van der Waals surface area contributed by atoms with Crippen LogP contribution in [0.25, 0.3) is 11.1 Å². The summed E-state index contributed by atoms with van der Waals surface area (Å²) >= 11 is 1.35. The van der Waals surface area contributed by atoms with Crippen LogP contribution in [0.15, 0.2) is 48.5 Å². The zero-order valence-corrected chi connectivity index (χ0v) is 15.5. The number of aliphatic carboxylic acids is 1. The van der Waals surface area contributed by atoms with Crippen LogP contribution >= 0.6 is 11.8 Å². The van der Waals surface area contributed by atoms with Crippen molar-refractivity contribution < 1.29 is 19.4 Å². The van der Waals surface area contributed by atoms with Gasteiger partial charge < -0.3 is 15.2 Å². The summed E-state index contributed by atoms with van der Waals surface area (Å²) in [5.74, 6) is -0.878. The number of carbonyl (C=O) groups is 2.